The third kappa shape index (κ3) is 2.53. The van der Waals surface area contributed by atoms with Crippen molar-refractivity contribution < 1.29 is 0 Å². The van der Waals surface area contributed by atoms with E-state index in [2.05, 4.69) is 16.7 Å². The van der Waals surface area contributed by atoms with Gasteiger partial charge in [0.25, 0.3) is 0 Å². The third-order valence-corrected chi connectivity index (χ3v) is 5.44. The summed E-state index contributed by atoms with van der Waals surface area (Å²) in [5, 5.41) is 16.7. The molecule has 1 heterocycles. The molecule has 1 spiro atoms. The lowest BCUT2D eigenvalue weighted by atomic mass is 9.70. The van der Waals surface area contributed by atoms with Crippen molar-refractivity contribution >= 4 is 17.4 Å². The van der Waals surface area contributed by atoms with E-state index in [-0.39, 0.29) is 0 Å². The molecule has 20 heavy (non-hydrogen) atoms. The van der Waals surface area contributed by atoms with Gasteiger partial charge in [-0.2, -0.15) is 5.26 Å². The molecule has 1 saturated heterocycles. The molecule has 1 unspecified atom stereocenters. The molecule has 1 aromatic rings. The zero-order valence-electron chi connectivity index (χ0n) is 11.9. The Morgan fingerprint density at radius 2 is 2.30 bits per heavy atom. The van der Waals surface area contributed by atoms with Gasteiger partial charge in [0.1, 0.15) is 6.07 Å². The zero-order chi connectivity index (χ0) is 14.0. The highest BCUT2D eigenvalue weighted by Gasteiger charge is 2.40. The van der Waals surface area contributed by atoms with Crippen LogP contribution in [0, 0.1) is 11.3 Å². The van der Waals surface area contributed by atoms with Crippen molar-refractivity contribution in [3.63, 3.8) is 0 Å². The van der Waals surface area contributed by atoms with E-state index in [1.165, 1.54) is 25.7 Å². The smallest absolute Gasteiger partial charge is 0.102 e. The number of benzene rings is 1. The topological polar surface area (TPSA) is 47.8 Å². The van der Waals surface area contributed by atoms with Crippen molar-refractivity contribution in [1.82, 2.24) is 5.32 Å². The lowest BCUT2D eigenvalue weighted by Gasteiger charge is -2.48. The van der Waals surface area contributed by atoms with Crippen LogP contribution in [0.15, 0.2) is 23.1 Å². The summed E-state index contributed by atoms with van der Waals surface area (Å²) in [5.41, 5.74) is 2.18. The normalized spacial score (nSPS) is 23.9. The van der Waals surface area contributed by atoms with Crippen LogP contribution in [-0.4, -0.2) is 24.4 Å². The van der Waals surface area contributed by atoms with E-state index in [1.807, 2.05) is 24.5 Å². The van der Waals surface area contributed by atoms with Gasteiger partial charge in [0.05, 0.1) is 11.3 Å². The van der Waals surface area contributed by atoms with Gasteiger partial charge >= 0.3 is 0 Å². The fourth-order valence-electron chi connectivity index (χ4n) is 3.42. The van der Waals surface area contributed by atoms with Gasteiger partial charge in [0.2, 0.25) is 0 Å². The summed E-state index contributed by atoms with van der Waals surface area (Å²) in [6, 6.07) is 8.93. The summed E-state index contributed by atoms with van der Waals surface area (Å²) in [7, 11) is 0. The summed E-state index contributed by atoms with van der Waals surface area (Å²) < 4.78 is 0. The summed E-state index contributed by atoms with van der Waals surface area (Å²) >= 11 is 1.64. The highest BCUT2D eigenvalue weighted by atomic mass is 32.2. The fourth-order valence-corrected chi connectivity index (χ4v) is 4.00. The molecule has 0 radical (unpaired) electrons. The molecule has 1 saturated carbocycles. The SMILES string of the molecule is CSc1cccc(NC2CCNC3(CCC3)C2)c1C#N. The van der Waals surface area contributed by atoms with Crippen LogP contribution in [0.3, 0.4) is 0 Å². The van der Waals surface area contributed by atoms with Gasteiger partial charge in [-0.3, -0.25) is 0 Å². The molecular weight excluding hydrogens is 266 g/mol. The number of hydrogen-bond donors (Lipinski definition) is 2. The molecule has 1 aromatic carbocycles. The van der Waals surface area contributed by atoms with Gasteiger partial charge in [-0.25, -0.2) is 0 Å². The number of hydrogen-bond acceptors (Lipinski definition) is 4. The number of anilines is 1. The Balaban J connectivity index is 1.76. The number of thioether (sulfide) groups is 1. The van der Waals surface area contributed by atoms with Crippen LogP contribution in [0.25, 0.3) is 0 Å². The molecule has 2 aliphatic rings. The van der Waals surface area contributed by atoms with E-state index in [4.69, 9.17) is 0 Å². The molecule has 4 heteroatoms. The minimum absolute atomic E-state index is 0.389. The van der Waals surface area contributed by atoms with Crippen LogP contribution in [0.1, 0.15) is 37.7 Å². The molecule has 0 bridgehead atoms. The molecule has 0 aromatic heterocycles. The molecule has 3 rings (SSSR count). The molecule has 106 valence electrons. The lowest BCUT2D eigenvalue weighted by Crippen LogP contribution is -2.58. The van der Waals surface area contributed by atoms with E-state index < -0.39 is 0 Å². The second-order valence-electron chi connectivity index (χ2n) is 5.89. The summed E-state index contributed by atoms with van der Waals surface area (Å²) in [6.45, 7) is 1.09. The largest absolute Gasteiger partial charge is 0.381 e. The predicted molar refractivity (Wildman–Crippen MR) is 84.2 cm³/mol. The summed E-state index contributed by atoms with van der Waals surface area (Å²) in [4.78, 5) is 1.06. The van der Waals surface area contributed by atoms with Crippen LogP contribution < -0.4 is 10.6 Å². The average Bonchev–Trinajstić information content (AvgIpc) is 2.45. The van der Waals surface area contributed by atoms with Gasteiger partial charge in [0, 0.05) is 16.5 Å². The lowest BCUT2D eigenvalue weighted by molar-refractivity contribution is 0.135. The monoisotopic (exact) mass is 287 g/mol. The Kier molecular flexibility index (Phi) is 3.91. The van der Waals surface area contributed by atoms with Crippen molar-refractivity contribution in [2.45, 2.75) is 48.6 Å². The van der Waals surface area contributed by atoms with E-state index in [9.17, 15) is 5.26 Å². The highest BCUT2D eigenvalue weighted by molar-refractivity contribution is 7.98. The van der Waals surface area contributed by atoms with Crippen molar-refractivity contribution in [2.75, 3.05) is 18.1 Å². The van der Waals surface area contributed by atoms with Gasteiger partial charge in [0.15, 0.2) is 0 Å². The number of nitrogens with one attached hydrogen (secondary N) is 2. The highest BCUT2D eigenvalue weighted by Crippen LogP contribution is 2.39. The first-order chi connectivity index (χ1) is 9.76. The molecule has 2 N–H and O–H groups in total. The van der Waals surface area contributed by atoms with E-state index in [1.54, 1.807) is 11.8 Å². The number of rotatable bonds is 3. The molecule has 1 aliphatic carbocycles. The Morgan fingerprint density at radius 1 is 1.45 bits per heavy atom. The quantitative estimate of drug-likeness (QED) is 0.837. The van der Waals surface area contributed by atoms with Crippen LogP contribution in [0.4, 0.5) is 5.69 Å². The summed E-state index contributed by atoms with van der Waals surface area (Å²) in [6.07, 6.45) is 8.30. The van der Waals surface area contributed by atoms with Crippen LogP contribution in [-0.2, 0) is 0 Å². The summed E-state index contributed by atoms with van der Waals surface area (Å²) in [5.74, 6) is 0. The third-order valence-electron chi connectivity index (χ3n) is 4.66. The van der Waals surface area contributed by atoms with Gasteiger partial charge in [-0.1, -0.05) is 6.07 Å². The fraction of sp³-hybridized carbons (Fsp3) is 0.562. The number of nitrogens with zero attached hydrogens (tertiary/aromatic N) is 1. The molecule has 3 nitrogen and oxygen atoms in total. The first-order valence-corrected chi connectivity index (χ1v) is 8.57. The molecule has 2 fully saturated rings. The predicted octanol–water partition coefficient (Wildman–Crippen LogP) is 3.37. The number of nitriles is 1. The van der Waals surface area contributed by atoms with Crippen LogP contribution >= 0.6 is 11.8 Å². The molecule has 1 atom stereocenters. The molecule has 1 aliphatic heterocycles. The second kappa shape index (κ2) is 5.67. The standard InChI is InChI=1S/C16H21N3S/c1-20-15-5-2-4-14(13(15)11-17)19-12-6-9-18-16(10-12)7-3-8-16/h2,4-5,12,18-19H,3,6-10H2,1H3. The van der Waals surface area contributed by atoms with Gasteiger partial charge in [-0.05, 0) is 57.0 Å². The number of piperidine rings is 1. The maximum atomic E-state index is 9.40. The Labute approximate surface area is 125 Å². The molecular formula is C16H21N3S. The van der Waals surface area contributed by atoms with E-state index >= 15 is 0 Å². The van der Waals surface area contributed by atoms with Crippen molar-refractivity contribution in [3.05, 3.63) is 23.8 Å². The molecule has 0 amide bonds. The first-order valence-electron chi connectivity index (χ1n) is 7.35. The maximum Gasteiger partial charge on any atom is 0.102 e. The van der Waals surface area contributed by atoms with Crippen molar-refractivity contribution in [2.24, 2.45) is 0 Å². The zero-order valence-corrected chi connectivity index (χ0v) is 12.7. The maximum absolute atomic E-state index is 9.40. The minimum atomic E-state index is 0.389. The average molecular weight is 287 g/mol. The van der Waals surface area contributed by atoms with Gasteiger partial charge < -0.3 is 10.6 Å². The van der Waals surface area contributed by atoms with Crippen LogP contribution in [0.5, 0.6) is 0 Å². The van der Waals surface area contributed by atoms with Crippen LogP contribution in [0.2, 0.25) is 0 Å². The Morgan fingerprint density at radius 3 is 2.95 bits per heavy atom. The second-order valence-corrected chi connectivity index (χ2v) is 6.74. The Hall–Kier alpha value is -1.18. The van der Waals surface area contributed by atoms with E-state index in [0.29, 0.717) is 11.6 Å². The Bertz CT molecular complexity index is 531. The minimum Gasteiger partial charge on any atom is -0.381 e. The van der Waals surface area contributed by atoms with Crippen molar-refractivity contribution in [1.29, 1.82) is 5.26 Å². The van der Waals surface area contributed by atoms with Crippen molar-refractivity contribution in [3.8, 4) is 6.07 Å². The van der Waals surface area contributed by atoms with Gasteiger partial charge in [-0.15, -0.1) is 11.8 Å². The van der Waals surface area contributed by atoms with E-state index in [0.717, 1.165) is 29.1 Å². The first kappa shape index (κ1) is 13.8.